The number of benzene rings is 2. The number of amides is 1. The fraction of sp³-hybridized carbons (Fsp3) is 0.333. The van der Waals surface area contributed by atoms with Crippen molar-refractivity contribution >= 4 is 11.9 Å². The molecule has 5 nitrogen and oxygen atoms in total. The summed E-state index contributed by atoms with van der Waals surface area (Å²) in [6, 6.07) is 15.0. The number of ether oxygens (including phenoxy) is 2. The lowest BCUT2D eigenvalue weighted by Gasteiger charge is -2.22. The zero-order chi connectivity index (χ0) is 18.5. The van der Waals surface area contributed by atoms with E-state index >= 15 is 0 Å². The Morgan fingerprint density at radius 2 is 1.69 bits per heavy atom. The molecule has 3 rings (SSSR count). The van der Waals surface area contributed by atoms with Crippen molar-refractivity contribution in [3.8, 4) is 5.75 Å². The minimum absolute atomic E-state index is 0.163. The third-order valence-electron chi connectivity index (χ3n) is 4.43. The SMILES string of the molecule is COc1ccc(CN(C(=O)COC(=O)c2ccc(C)cc2)C2CC2)cc1. The molecule has 0 N–H and O–H groups in total. The Labute approximate surface area is 153 Å². The molecule has 1 amide bonds. The number of carbonyl (C=O) groups is 2. The van der Waals surface area contributed by atoms with Crippen LogP contribution in [-0.4, -0.2) is 36.5 Å². The molecule has 0 unspecified atom stereocenters. The summed E-state index contributed by atoms with van der Waals surface area (Å²) in [5.74, 6) is 0.146. The summed E-state index contributed by atoms with van der Waals surface area (Å²) in [6.45, 7) is 2.22. The van der Waals surface area contributed by atoms with Gasteiger partial charge in [0.2, 0.25) is 0 Å². The van der Waals surface area contributed by atoms with Gasteiger partial charge in [-0.1, -0.05) is 29.8 Å². The predicted octanol–water partition coefficient (Wildman–Crippen LogP) is 3.35. The quantitative estimate of drug-likeness (QED) is 0.716. The van der Waals surface area contributed by atoms with Gasteiger partial charge in [-0.05, 0) is 49.6 Å². The summed E-state index contributed by atoms with van der Waals surface area (Å²) < 4.78 is 10.4. The number of nitrogens with zero attached hydrogens (tertiary/aromatic N) is 1. The van der Waals surface area contributed by atoms with Crippen molar-refractivity contribution in [2.24, 2.45) is 0 Å². The molecule has 0 radical (unpaired) electrons. The molecule has 26 heavy (non-hydrogen) atoms. The number of carbonyl (C=O) groups excluding carboxylic acids is 2. The lowest BCUT2D eigenvalue weighted by atomic mass is 10.1. The average Bonchev–Trinajstić information content (AvgIpc) is 3.50. The first kappa shape index (κ1) is 18.0. The van der Waals surface area contributed by atoms with Gasteiger partial charge in [0.1, 0.15) is 5.75 Å². The van der Waals surface area contributed by atoms with Gasteiger partial charge >= 0.3 is 5.97 Å². The predicted molar refractivity (Wildman–Crippen MR) is 98.0 cm³/mol. The van der Waals surface area contributed by atoms with Crippen molar-refractivity contribution in [1.29, 1.82) is 0 Å². The van der Waals surface area contributed by atoms with Crippen LogP contribution >= 0.6 is 0 Å². The summed E-state index contributed by atoms with van der Waals surface area (Å²) >= 11 is 0. The van der Waals surface area contributed by atoms with Crippen LogP contribution in [0.25, 0.3) is 0 Å². The number of aryl methyl sites for hydroxylation is 1. The van der Waals surface area contributed by atoms with E-state index in [9.17, 15) is 9.59 Å². The standard InChI is InChI=1S/C21H23NO4/c1-15-3-7-17(8-4-15)21(24)26-14-20(23)22(18-9-10-18)13-16-5-11-19(25-2)12-6-16/h3-8,11-12,18H,9-10,13-14H2,1-2H3. The van der Waals surface area contributed by atoms with E-state index in [4.69, 9.17) is 9.47 Å². The zero-order valence-corrected chi connectivity index (χ0v) is 15.1. The molecule has 1 aliphatic carbocycles. The highest BCUT2D eigenvalue weighted by Gasteiger charge is 2.33. The zero-order valence-electron chi connectivity index (χ0n) is 15.1. The Balaban J connectivity index is 1.58. The lowest BCUT2D eigenvalue weighted by Crippen LogP contribution is -2.36. The maximum Gasteiger partial charge on any atom is 0.338 e. The fourth-order valence-electron chi connectivity index (χ4n) is 2.72. The summed E-state index contributed by atoms with van der Waals surface area (Å²) in [6.07, 6.45) is 1.99. The molecule has 5 heteroatoms. The van der Waals surface area contributed by atoms with Crippen LogP contribution in [0, 0.1) is 6.92 Å². The highest BCUT2D eigenvalue weighted by Crippen LogP contribution is 2.29. The molecule has 1 fully saturated rings. The second-order valence-corrected chi connectivity index (χ2v) is 6.54. The van der Waals surface area contributed by atoms with Crippen LogP contribution in [0.3, 0.4) is 0 Å². The van der Waals surface area contributed by atoms with E-state index < -0.39 is 5.97 Å². The van der Waals surface area contributed by atoms with E-state index in [2.05, 4.69) is 0 Å². The van der Waals surface area contributed by atoms with Crippen LogP contribution in [0.5, 0.6) is 5.75 Å². The molecule has 0 bridgehead atoms. The van der Waals surface area contributed by atoms with E-state index in [-0.39, 0.29) is 18.6 Å². The van der Waals surface area contributed by atoms with E-state index in [1.807, 2.05) is 43.3 Å². The van der Waals surface area contributed by atoms with E-state index in [0.717, 1.165) is 29.7 Å². The van der Waals surface area contributed by atoms with Crippen LogP contribution < -0.4 is 4.74 Å². The molecule has 0 aliphatic heterocycles. The smallest absolute Gasteiger partial charge is 0.338 e. The van der Waals surface area contributed by atoms with Gasteiger partial charge in [0.05, 0.1) is 12.7 Å². The van der Waals surface area contributed by atoms with Crippen LogP contribution in [0.1, 0.15) is 34.3 Å². The van der Waals surface area contributed by atoms with Gasteiger partial charge in [0, 0.05) is 12.6 Å². The van der Waals surface area contributed by atoms with Gasteiger partial charge in [-0.2, -0.15) is 0 Å². The normalized spacial score (nSPS) is 13.2. The van der Waals surface area contributed by atoms with Crippen molar-refractivity contribution < 1.29 is 19.1 Å². The number of hydrogen-bond donors (Lipinski definition) is 0. The molecule has 0 aromatic heterocycles. The molecule has 1 saturated carbocycles. The van der Waals surface area contributed by atoms with Gasteiger partial charge in [0.25, 0.3) is 5.91 Å². The minimum atomic E-state index is -0.474. The summed E-state index contributed by atoms with van der Waals surface area (Å²) in [5.41, 5.74) is 2.55. The highest BCUT2D eigenvalue weighted by atomic mass is 16.5. The van der Waals surface area contributed by atoms with Gasteiger partial charge in [-0.3, -0.25) is 4.79 Å². The number of rotatable bonds is 7. The monoisotopic (exact) mass is 353 g/mol. The first-order valence-corrected chi connectivity index (χ1v) is 8.73. The first-order valence-electron chi connectivity index (χ1n) is 8.73. The van der Waals surface area contributed by atoms with E-state index in [1.54, 1.807) is 24.1 Å². The van der Waals surface area contributed by atoms with Gasteiger partial charge < -0.3 is 14.4 Å². The maximum absolute atomic E-state index is 12.6. The Kier molecular flexibility index (Phi) is 5.56. The van der Waals surface area contributed by atoms with Gasteiger partial charge in [-0.25, -0.2) is 4.79 Å². The molecule has 1 aliphatic rings. The molecule has 0 atom stereocenters. The fourth-order valence-corrected chi connectivity index (χ4v) is 2.72. The summed E-state index contributed by atoms with van der Waals surface area (Å²) in [5, 5.41) is 0. The van der Waals surface area contributed by atoms with Crippen molar-refractivity contribution in [1.82, 2.24) is 4.90 Å². The molecular weight excluding hydrogens is 330 g/mol. The molecule has 0 spiro atoms. The molecule has 2 aromatic carbocycles. The van der Waals surface area contributed by atoms with E-state index in [0.29, 0.717) is 12.1 Å². The molecular formula is C21H23NO4. The minimum Gasteiger partial charge on any atom is -0.497 e. The Morgan fingerprint density at radius 1 is 1.04 bits per heavy atom. The Bertz CT molecular complexity index is 764. The third kappa shape index (κ3) is 4.63. The van der Waals surface area contributed by atoms with Gasteiger partial charge in [-0.15, -0.1) is 0 Å². The molecule has 0 saturated heterocycles. The average molecular weight is 353 g/mol. The third-order valence-corrected chi connectivity index (χ3v) is 4.43. The van der Waals surface area contributed by atoms with Crippen LogP contribution in [0.4, 0.5) is 0 Å². The van der Waals surface area contributed by atoms with Gasteiger partial charge in [0.15, 0.2) is 6.61 Å². The number of hydrogen-bond acceptors (Lipinski definition) is 4. The number of methoxy groups -OCH3 is 1. The maximum atomic E-state index is 12.6. The van der Waals surface area contributed by atoms with Crippen molar-refractivity contribution in [2.75, 3.05) is 13.7 Å². The Morgan fingerprint density at radius 3 is 2.27 bits per heavy atom. The van der Waals surface area contributed by atoms with Crippen LogP contribution in [0.15, 0.2) is 48.5 Å². The van der Waals surface area contributed by atoms with Crippen molar-refractivity contribution in [3.05, 3.63) is 65.2 Å². The second-order valence-electron chi connectivity index (χ2n) is 6.54. The summed E-state index contributed by atoms with van der Waals surface area (Å²) in [4.78, 5) is 26.5. The largest absolute Gasteiger partial charge is 0.497 e. The lowest BCUT2D eigenvalue weighted by molar-refractivity contribution is -0.135. The van der Waals surface area contributed by atoms with Crippen molar-refractivity contribution in [2.45, 2.75) is 32.4 Å². The first-order chi connectivity index (χ1) is 12.6. The van der Waals surface area contributed by atoms with Crippen LogP contribution in [-0.2, 0) is 16.1 Å². The highest BCUT2D eigenvalue weighted by molar-refractivity contribution is 5.91. The van der Waals surface area contributed by atoms with Crippen molar-refractivity contribution in [3.63, 3.8) is 0 Å². The second kappa shape index (κ2) is 8.04. The topological polar surface area (TPSA) is 55.8 Å². The molecule has 0 heterocycles. The molecule has 136 valence electrons. The van der Waals surface area contributed by atoms with E-state index in [1.165, 1.54) is 0 Å². The Hall–Kier alpha value is -2.82. The number of esters is 1. The van der Waals surface area contributed by atoms with Crippen LogP contribution in [0.2, 0.25) is 0 Å². The molecule has 2 aromatic rings. The summed E-state index contributed by atoms with van der Waals surface area (Å²) in [7, 11) is 1.62.